The van der Waals surface area contributed by atoms with Crippen molar-refractivity contribution >= 4 is 33.6 Å². The minimum atomic E-state index is 0.871. The summed E-state index contributed by atoms with van der Waals surface area (Å²) >= 11 is 2.14. The van der Waals surface area contributed by atoms with Crippen molar-refractivity contribution in [2.75, 3.05) is 0 Å². The fourth-order valence-electron chi connectivity index (χ4n) is 0.863. The van der Waals surface area contributed by atoms with Crippen LogP contribution in [-0.2, 0) is 0 Å². The molecular formula is C7H4IN3. The topological polar surface area (TPSA) is 38.7 Å². The Morgan fingerprint density at radius 3 is 2.91 bits per heavy atom. The third-order valence-corrected chi connectivity index (χ3v) is 2.14. The third kappa shape index (κ3) is 1.18. The summed E-state index contributed by atoms with van der Waals surface area (Å²) in [6.45, 7) is 0. The second kappa shape index (κ2) is 2.69. The highest BCUT2D eigenvalue weighted by Crippen LogP contribution is 2.11. The molecule has 0 fully saturated rings. The zero-order chi connectivity index (χ0) is 7.68. The van der Waals surface area contributed by atoms with Crippen molar-refractivity contribution in [2.24, 2.45) is 0 Å². The molecule has 0 aliphatic heterocycles. The van der Waals surface area contributed by atoms with Gasteiger partial charge in [-0.1, -0.05) is 0 Å². The van der Waals surface area contributed by atoms with Gasteiger partial charge in [-0.25, -0.2) is 9.97 Å². The number of aromatic nitrogens is 3. The van der Waals surface area contributed by atoms with Crippen LogP contribution >= 0.6 is 22.6 Å². The van der Waals surface area contributed by atoms with Crippen molar-refractivity contribution in [1.29, 1.82) is 0 Å². The lowest BCUT2D eigenvalue weighted by Gasteiger charge is -1.94. The molecule has 2 aromatic heterocycles. The van der Waals surface area contributed by atoms with E-state index < -0.39 is 0 Å². The molecule has 0 spiro atoms. The SMILES string of the molecule is Ic1ncnc2cccnc12. The molecule has 0 bridgehead atoms. The Labute approximate surface area is 77.0 Å². The molecule has 0 N–H and O–H groups in total. The first-order chi connectivity index (χ1) is 5.38. The average molecular weight is 257 g/mol. The predicted molar refractivity (Wildman–Crippen MR) is 50.1 cm³/mol. The molecule has 3 nitrogen and oxygen atoms in total. The van der Waals surface area contributed by atoms with Crippen molar-refractivity contribution in [3.05, 3.63) is 28.4 Å². The van der Waals surface area contributed by atoms with E-state index in [4.69, 9.17) is 0 Å². The lowest BCUT2D eigenvalue weighted by atomic mass is 10.4. The van der Waals surface area contributed by atoms with Gasteiger partial charge in [0.1, 0.15) is 15.5 Å². The van der Waals surface area contributed by atoms with E-state index in [-0.39, 0.29) is 0 Å². The summed E-state index contributed by atoms with van der Waals surface area (Å²) < 4.78 is 0.896. The number of fused-ring (bicyclic) bond motifs is 1. The van der Waals surface area contributed by atoms with E-state index in [1.54, 1.807) is 12.5 Å². The molecule has 11 heavy (non-hydrogen) atoms. The Balaban J connectivity index is 2.91. The van der Waals surface area contributed by atoms with Gasteiger partial charge in [0.15, 0.2) is 0 Å². The summed E-state index contributed by atoms with van der Waals surface area (Å²) in [4.78, 5) is 12.2. The summed E-state index contributed by atoms with van der Waals surface area (Å²) in [5.41, 5.74) is 1.77. The number of rotatable bonds is 0. The number of hydrogen-bond acceptors (Lipinski definition) is 3. The fourth-order valence-corrected chi connectivity index (χ4v) is 1.40. The summed E-state index contributed by atoms with van der Waals surface area (Å²) in [5.74, 6) is 0. The molecule has 2 heterocycles. The summed E-state index contributed by atoms with van der Waals surface area (Å²) in [5, 5.41) is 0. The van der Waals surface area contributed by atoms with E-state index in [1.807, 2.05) is 12.1 Å². The molecular weight excluding hydrogens is 253 g/mol. The lowest BCUT2D eigenvalue weighted by molar-refractivity contribution is 1.16. The van der Waals surface area contributed by atoms with Gasteiger partial charge in [0.2, 0.25) is 0 Å². The van der Waals surface area contributed by atoms with Crippen LogP contribution in [0, 0.1) is 3.70 Å². The Morgan fingerprint density at radius 1 is 1.18 bits per heavy atom. The number of nitrogens with zero attached hydrogens (tertiary/aromatic N) is 3. The van der Waals surface area contributed by atoms with Gasteiger partial charge >= 0.3 is 0 Å². The Kier molecular flexibility index (Phi) is 1.69. The molecule has 54 valence electrons. The Morgan fingerprint density at radius 2 is 2.09 bits per heavy atom. The Hall–Kier alpha value is -0.780. The van der Waals surface area contributed by atoms with E-state index in [0.29, 0.717) is 0 Å². The first kappa shape index (κ1) is 6.90. The fraction of sp³-hybridized carbons (Fsp3) is 0. The molecule has 0 unspecified atom stereocenters. The van der Waals surface area contributed by atoms with Gasteiger partial charge in [-0.15, -0.1) is 0 Å². The summed E-state index contributed by atoms with van der Waals surface area (Å²) in [6.07, 6.45) is 3.29. The van der Waals surface area contributed by atoms with Crippen LogP contribution in [0.4, 0.5) is 0 Å². The maximum atomic E-state index is 4.15. The molecule has 0 atom stereocenters. The predicted octanol–water partition coefficient (Wildman–Crippen LogP) is 1.63. The zero-order valence-corrected chi connectivity index (χ0v) is 7.69. The highest BCUT2D eigenvalue weighted by atomic mass is 127. The van der Waals surface area contributed by atoms with Crippen LogP contribution in [0.2, 0.25) is 0 Å². The number of pyridine rings is 1. The molecule has 0 aliphatic carbocycles. The van der Waals surface area contributed by atoms with Crippen molar-refractivity contribution < 1.29 is 0 Å². The normalized spacial score (nSPS) is 10.3. The van der Waals surface area contributed by atoms with Crippen molar-refractivity contribution in [3.8, 4) is 0 Å². The van der Waals surface area contributed by atoms with Crippen LogP contribution < -0.4 is 0 Å². The van der Waals surface area contributed by atoms with Gasteiger partial charge in [0.05, 0.1) is 5.52 Å². The van der Waals surface area contributed by atoms with E-state index in [0.717, 1.165) is 14.7 Å². The molecule has 4 heteroatoms. The van der Waals surface area contributed by atoms with E-state index in [1.165, 1.54) is 0 Å². The van der Waals surface area contributed by atoms with Gasteiger partial charge in [-0.05, 0) is 34.7 Å². The van der Waals surface area contributed by atoms with Crippen LogP contribution in [0.3, 0.4) is 0 Å². The van der Waals surface area contributed by atoms with Gasteiger partial charge in [0, 0.05) is 6.20 Å². The summed E-state index contributed by atoms with van der Waals surface area (Å²) in [7, 11) is 0. The van der Waals surface area contributed by atoms with Gasteiger partial charge in [-0.3, -0.25) is 4.98 Å². The third-order valence-electron chi connectivity index (χ3n) is 1.35. The Bertz CT molecular complexity index is 383. The molecule has 0 saturated carbocycles. The van der Waals surface area contributed by atoms with Crippen molar-refractivity contribution in [2.45, 2.75) is 0 Å². The summed E-state index contributed by atoms with van der Waals surface area (Å²) in [6, 6.07) is 3.79. The van der Waals surface area contributed by atoms with Crippen LogP contribution in [0.5, 0.6) is 0 Å². The molecule has 0 aliphatic rings. The highest BCUT2D eigenvalue weighted by Gasteiger charge is 1.98. The van der Waals surface area contributed by atoms with E-state index in [9.17, 15) is 0 Å². The zero-order valence-electron chi connectivity index (χ0n) is 5.53. The van der Waals surface area contributed by atoms with Crippen molar-refractivity contribution in [1.82, 2.24) is 15.0 Å². The van der Waals surface area contributed by atoms with Crippen LogP contribution in [0.1, 0.15) is 0 Å². The van der Waals surface area contributed by atoms with E-state index in [2.05, 4.69) is 37.5 Å². The molecule has 0 amide bonds. The molecule has 0 radical (unpaired) electrons. The number of halogens is 1. The van der Waals surface area contributed by atoms with Gasteiger partial charge < -0.3 is 0 Å². The first-order valence-electron chi connectivity index (χ1n) is 3.09. The smallest absolute Gasteiger partial charge is 0.130 e. The molecule has 0 saturated heterocycles. The van der Waals surface area contributed by atoms with Crippen LogP contribution in [0.15, 0.2) is 24.7 Å². The van der Waals surface area contributed by atoms with E-state index >= 15 is 0 Å². The molecule has 2 aromatic rings. The highest BCUT2D eigenvalue weighted by molar-refractivity contribution is 14.1. The van der Waals surface area contributed by atoms with Crippen molar-refractivity contribution in [3.63, 3.8) is 0 Å². The molecule has 2 rings (SSSR count). The average Bonchev–Trinajstić information content (AvgIpc) is 2.06. The monoisotopic (exact) mass is 257 g/mol. The number of hydrogen-bond donors (Lipinski definition) is 0. The maximum absolute atomic E-state index is 4.15. The molecule has 0 aromatic carbocycles. The van der Waals surface area contributed by atoms with Crippen LogP contribution in [0.25, 0.3) is 11.0 Å². The standard InChI is InChI=1S/C7H4IN3/c8-7-6-5(10-4-11-7)2-1-3-9-6/h1-4H. The van der Waals surface area contributed by atoms with Gasteiger partial charge in [0.25, 0.3) is 0 Å². The quantitative estimate of drug-likeness (QED) is 0.531. The largest absolute Gasteiger partial charge is 0.252 e. The minimum Gasteiger partial charge on any atom is -0.252 e. The second-order valence-electron chi connectivity index (χ2n) is 2.04. The maximum Gasteiger partial charge on any atom is 0.130 e. The first-order valence-corrected chi connectivity index (χ1v) is 4.17. The van der Waals surface area contributed by atoms with Crippen LogP contribution in [-0.4, -0.2) is 15.0 Å². The minimum absolute atomic E-state index is 0.871. The lowest BCUT2D eigenvalue weighted by Crippen LogP contribution is -1.88. The van der Waals surface area contributed by atoms with Gasteiger partial charge in [-0.2, -0.15) is 0 Å². The second-order valence-corrected chi connectivity index (χ2v) is 3.06.